The Hall–Kier alpha value is -3.21. The molecule has 33 heavy (non-hydrogen) atoms. The van der Waals surface area contributed by atoms with Gasteiger partial charge in [0.1, 0.15) is 5.75 Å². The van der Waals surface area contributed by atoms with Gasteiger partial charge >= 0.3 is 12.1 Å². The van der Waals surface area contributed by atoms with Crippen LogP contribution in [0.5, 0.6) is 5.75 Å². The lowest BCUT2D eigenvalue weighted by Crippen LogP contribution is -2.14. The molecule has 0 unspecified atom stereocenters. The molecule has 0 aliphatic carbocycles. The molecule has 176 valence electrons. The summed E-state index contributed by atoms with van der Waals surface area (Å²) >= 11 is 1.16. The Labute approximate surface area is 193 Å². The fraction of sp³-hybridized carbons (Fsp3) is 0.318. The number of nitrogens with zero attached hydrogens (tertiary/aromatic N) is 3. The fourth-order valence-electron chi connectivity index (χ4n) is 2.91. The first-order chi connectivity index (χ1) is 15.7. The predicted molar refractivity (Wildman–Crippen MR) is 119 cm³/mol. The molecule has 0 radical (unpaired) electrons. The number of carbonyl (C=O) groups is 1. The van der Waals surface area contributed by atoms with Crippen LogP contribution >= 0.6 is 11.8 Å². The minimum Gasteiger partial charge on any atom is -0.497 e. The van der Waals surface area contributed by atoms with Crippen molar-refractivity contribution >= 4 is 23.4 Å². The third kappa shape index (κ3) is 6.64. The zero-order chi connectivity index (χ0) is 24.0. The molecule has 0 fully saturated rings. The van der Waals surface area contributed by atoms with Crippen LogP contribution in [0.3, 0.4) is 0 Å². The first-order valence-corrected chi connectivity index (χ1v) is 11.0. The minimum atomic E-state index is -4.44. The van der Waals surface area contributed by atoms with Crippen molar-refractivity contribution in [3.63, 3.8) is 0 Å². The Morgan fingerprint density at radius 1 is 1.15 bits per heavy atom. The van der Waals surface area contributed by atoms with Gasteiger partial charge in [-0.2, -0.15) is 13.2 Å². The Kier molecular flexibility index (Phi) is 7.85. The summed E-state index contributed by atoms with van der Waals surface area (Å²) in [5.41, 5.74) is 0.259. The van der Waals surface area contributed by atoms with Gasteiger partial charge in [-0.25, -0.2) is 0 Å². The number of methoxy groups -OCH3 is 1. The fourth-order valence-corrected chi connectivity index (χ4v) is 3.66. The van der Waals surface area contributed by atoms with E-state index in [2.05, 4.69) is 15.5 Å². The molecule has 0 bridgehead atoms. The van der Waals surface area contributed by atoms with E-state index >= 15 is 0 Å². The van der Waals surface area contributed by atoms with Crippen LogP contribution in [0.1, 0.15) is 25.2 Å². The van der Waals surface area contributed by atoms with Crippen molar-refractivity contribution in [3.05, 3.63) is 59.9 Å². The predicted octanol–water partition coefficient (Wildman–Crippen LogP) is 4.95. The van der Waals surface area contributed by atoms with Gasteiger partial charge in [0, 0.05) is 11.4 Å². The summed E-state index contributed by atoms with van der Waals surface area (Å²) in [7, 11) is 1.56. The largest absolute Gasteiger partial charge is 0.497 e. The highest BCUT2D eigenvalue weighted by molar-refractivity contribution is 7.99. The van der Waals surface area contributed by atoms with Gasteiger partial charge in [0.05, 0.1) is 31.1 Å². The number of rotatable bonds is 9. The van der Waals surface area contributed by atoms with Crippen LogP contribution in [0.25, 0.3) is 5.69 Å². The van der Waals surface area contributed by atoms with E-state index in [9.17, 15) is 18.0 Å². The third-order valence-electron chi connectivity index (χ3n) is 4.36. The molecule has 0 saturated carbocycles. The molecule has 0 spiro atoms. The first kappa shape index (κ1) is 24.4. The Morgan fingerprint density at radius 3 is 2.52 bits per heavy atom. The summed E-state index contributed by atoms with van der Waals surface area (Å²) in [6, 6.07) is 12.0. The van der Waals surface area contributed by atoms with Gasteiger partial charge in [-0.1, -0.05) is 17.8 Å². The lowest BCUT2D eigenvalue weighted by molar-refractivity contribution is -0.144. The second-order valence-corrected chi connectivity index (χ2v) is 8.13. The minimum absolute atomic E-state index is 0.0352. The molecular formula is C22H23F3N4O3S. The van der Waals surface area contributed by atoms with Crippen molar-refractivity contribution in [2.75, 3.05) is 18.2 Å². The molecule has 7 nitrogen and oxygen atoms in total. The number of aromatic nitrogens is 3. The van der Waals surface area contributed by atoms with Gasteiger partial charge in [0.15, 0.2) is 11.0 Å². The summed E-state index contributed by atoms with van der Waals surface area (Å²) in [6.07, 6.45) is -4.67. The van der Waals surface area contributed by atoms with Crippen LogP contribution in [0.2, 0.25) is 0 Å². The smallest absolute Gasteiger partial charge is 0.416 e. The number of esters is 1. The number of ether oxygens (including phenoxy) is 2. The van der Waals surface area contributed by atoms with Crippen molar-refractivity contribution < 1.29 is 27.4 Å². The molecule has 0 aliphatic rings. The van der Waals surface area contributed by atoms with Crippen LogP contribution in [0, 0.1) is 0 Å². The molecule has 1 N–H and O–H groups in total. The maximum atomic E-state index is 13.0. The zero-order valence-corrected chi connectivity index (χ0v) is 19.0. The lowest BCUT2D eigenvalue weighted by atomic mass is 10.2. The van der Waals surface area contributed by atoms with Gasteiger partial charge in [-0.15, -0.1) is 10.2 Å². The number of benzene rings is 2. The molecule has 11 heteroatoms. The Bertz CT molecular complexity index is 1090. The normalized spacial score (nSPS) is 11.5. The molecule has 0 saturated heterocycles. The maximum Gasteiger partial charge on any atom is 0.416 e. The average Bonchev–Trinajstić information content (AvgIpc) is 3.18. The summed E-state index contributed by atoms with van der Waals surface area (Å²) < 4.78 is 51.1. The summed E-state index contributed by atoms with van der Waals surface area (Å²) in [6.45, 7) is 3.64. The maximum absolute atomic E-state index is 13.0. The lowest BCUT2D eigenvalue weighted by Gasteiger charge is -2.13. The number of alkyl halides is 3. The van der Waals surface area contributed by atoms with E-state index in [-0.39, 0.29) is 24.4 Å². The zero-order valence-electron chi connectivity index (χ0n) is 18.2. The van der Waals surface area contributed by atoms with Crippen LogP contribution < -0.4 is 10.1 Å². The van der Waals surface area contributed by atoms with Crippen LogP contribution in [0.4, 0.5) is 18.9 Å². The van der Waals surface area contributed by atoms with E-state index in [1.54, 1.807) is 55.9 Å². The standard InChI is InChI=1S/C22H23F3N4O3S/c1-14(2)32-20(30)13-33-21-28-27-19(29(21)17-7-9-18(31-3)10-8-17)12-26-16-6-4-5-15(11-16)22(23,24)25/h4-11,14,26H,12-13H2,1-3H3. The van der Waals surface area contributed by atoms with Crippen LogP contribution in [-0.4, -0.2) is 39.7 Å². The van der Waals surface area contributed by atoms with Crippen molar-refractivity contribution in [1.29, 1.82) is 0 Å². The van der Waals surface area contributed by atoms with E-state index in [4.69, 9.17) is 9.47 Å². The number of anilines is 1. The highest BCUT2D eigenvalue weighted by Gasteiger charge is 2.30. The molecule has 1 aromatic heterocycles. The number of nitrogens with one attached hydrogen (secondary N) is 1. The second-order valence-electron chi connectivity index (χ2n) is 7.19. The van der Waals surface area contributed by atoms with E-state index in [1.807, 2.05) is 0 Å². The topological polar surface area (TPSA) is 78.3 Å². The number of carbonyl (C=O) groups excluding carboxylic acids is 1. The Balaban J connectivity index is 1.84. The third-order valence-corrected chi connectivity index (χ3v) is 5.26. The van der Waals surface area contributed by atoms with Crippen LogP contribution in [-0.2, 0) is 22.3 Å². The van der Waals surface area contributed by atoms with Crippen LogP contribution in [0.15, 0.2) is 53.7 Å². The number of halogens is 3. The van der Waals surface area contributed by atoms with Gasteiger partial charge < -0.3 is 14.8 Å². The number of hydrogen-bond donors (Lipinski definition) is 1. The average molecular weight is 481 g/mol. The van der Waals surface area contributed by atoms with Gasteiger partial charge in [0.25, 0.3) is 0 Å². The Morgan fingerprint density at radius 2 is 1.88 bits per heavy atom. The number of thioether (sulfide) groups is 1. The van der Waals surface area contributed by atoms with E-state index in [0.717, 1.165) is 23.9 Å². The van der Waals surface area contributed by atoms with E-state index in [0.29, 0.717) is 28.1 Å². The summed E-state index contributed by atoms with van der Waals surface area (Å²) in [5.74, 6) is 0.762. The second kappa shape index (κ2) is 10.6. The van der Waals surface area contributed by atoms with Gasteiger partial charge in [0.2, 0.25) is 0 Å². The van der Waals surface area contributed by atoms with Crippen molar-refractivity contribution in [2.45, 2.75) is 37.8 Å². The number of hydrogen-bond acceptors (Lipinski definition) is 7. The quantitative estimate of drug-likeness (QED) is 0.343. The summed E-state index contributed by atoms with van der Waals surface area (Å²) in [4.78, 5) is 12.0. The highest BCUT2D eigenvalue weighted by atomic mass is 32.2. The molecule has 1 heterocycles. The SMILES string of the molecule is COc1ccc(-n2c(CNc3cccc(C(F)(F)F)c3)nnc2SCC(=O)OC(C)C)cc1. The van der Waals surface area contributed by atoms with Crippen molar-refractivity contribution in [3.8, 4) is 11.4 Å². The van der Waals surface area contributed by atoms with E-state index < -0.39 is 11.7 Å². The highest BCUT2D eigenvalue weighted by Crippen LogP contribution is 2.31. The van der Waals surface area contributed by atoms with Crippen molar-refractivity contribution in [1.82, 2.24) is 14.8 Å². The molecular weight excluding hydrogens is 457 g/mol. The molecule has 2 aromatic carbocycles. The van der Waals surface area contributed by atoms with Crippen molar-refractivity contribution in [2.24, 2.45) is 0 Å². The summed E-state index contributed by atoms with van der Waals surface area (Å²) in [5, 5.41) is 11.8. The van der Waals surface area contributed by atoms with E-state index in [1.165, 1.54) is 6.07 Å². The molecule has 0 aliphatic heterocycles. The monoisotopic (exact) mass is 480 g/mol. The first-order valence-electron chi connectivity index (χ1n) is 9.99. The molecule has 0 amide bonds. The molecule has 0 atom stereocenters. The van der Waals surface area contributed by atoms with Gasteiger partial charge in [-0.05, 0) is 56.3 Å². The molecule has 3 aromatic rings. The van der Waals surface area contributed by atoms with Gasteiger partial charge in [-0.3, -0.25) is 9.36 Å². The molecule has 3 rings (SSSR count).